The number of aryl methyl sites for hydroxylation is 1. The lowest BCUT2D eigenvalue weighted by molar-refractivity contribution is -0.114. The number of carbonyl (C=O) groups excluding carboxylic acids is 1. The fraction of sp³-hybridized carbons (Fsp3) is 0.316. The Hall–Kier alpha value is -1.84. The molecule has 0 aromatic heterocycles. The molecule has 0 aliphatic rings. The zero-order valence-electron chi connectivity index (χ0n) is 14.0. The van der Waals surface area contributed by atoms with Crippen molar-refractivity contribution in [2.45, 2.75) is 26.7 Å². The number of nitrogens with one attached hydrogen (secondary N) is 2. The van der Waals surface area contributed by atoms with E-state index < -0.39 is 0 Å². The molecule has 0 aliphatic carbocycles. The van der Waals surface area contributed by atoms with Gasteiger partial charge in [-0.2, -0.15) is 0 Å². The number of rotatable bonds is 5. The Balaban J connectivity index is 2.40. The number of amides is 1. The lowest BCUT2D eigenvalue weighted by atomic mass is 9.87. The third-order valence-corrected chi connectivity index (χ3v) is 4.34. The van der Waals surface area contributed by atoms with Crippen molar-refractivity contribution in [3.63, 3.8) is 0 Å². The molecular formula is C19H23ClN2O. The van der Waals surface area contributed by atoms with Crippen molar-refractivity contribution in [1.82, 2.24) is 5.32 Å². The van der Waals surface area contributed by atoms with Crippen LogP contribution in [-0.4, -0.2) is 19.5 Å². The molecular weight excluding hydrogens is 308 g/mol. The van der Waals surface area contributed by atoms with E-state index in [9.17, 15) is 4.79 Å². The van der Waals surface area contributed by atoms with Crippen LogP contribution in [0.15, 0.2) is 36.4 Å². The molecule has 2 aromatic carbocycles. The summed E-state index contributed by atoms with van der Waals surface area (Å²) < 4.78 is 0. The highest BCUT2D eigenvalue weighted by Gasteiger charge is 2.17. The predicted octanol–water partition coefficient (Wildman–Crippen LogP) is 4.27. The number of carbonyl (C=O) groups is 1. The Morgan fingerprint density at radius 1 is 1.17 bits per heavy atom. The van der Waals surface area contributed by atoms with Gasteiger partial charge in [-0.15, -0.1) is 0 Å². The fourth-order valence-corrected chi connectivity index (χ4v) is 3.10. The van der Waals surface area contributed by atoms with Crippen LogP contribution in [0.1, 0.15) is 35.1 Å². The molecule has 2 aromatic rings. The van der Waals surface area contributed by atoms with Gasteiger partial charge in [0.2, 0.25) is 5.91 Å². The van der Waals surface area contributed by atoms with E-state index in [0.29, 0.717) is 0 Å². The molecule has 2 N–H and O–H groups in total. The van der Waals surface area contributed by atoms with E-state index in [1.807, 2.05) is 25.2 Å². The summed E-state index contributed by atoms with van der Waals surface area (Å²) in [4.78, 5) is 11.1. The van der Waals surface area contributed by atoms with Crippen molar-refractivity contribution in [2.24, 2.45) is 0 Å². The first-order valence-corrected chi connectivity index (χ1v) is 8.09. The van der Waals surface area contributed by atoms with Gasteiger partial charge in [0.15, 0.2) is 0 Å². The van der Waals surface area contributed by atoms with Crippen molar-refractivity contribution in [3.8, 4) is 0 Å². The van der Waals surface area contributed by atoms with Gasteiger partial charge in [-0.05, 0) is 61.3 Å². The van der Waals surface area contributed by atoms with Crippen molar-refractivity contribution in [2.75, 3.05) is 18.9 Å². The topological polar surface area (TPSA) is 41.1 Å². The molecule has 0 bridgehead atoms. The Morgan fingerprint density at radius 2 is 1.83 bits per heavy atom. The van der Waals surface area contributed by atoms with Gasteiger partial charge in [0.1, 0.15) is 0 Å². The van der Waals surface area contributed by atoms with E-state index in [0.717, 1.165) is 28.4 Å². The summed E-state index contributed by atoms with van der Waals surface area (Å²) >= 11 is 6.37. The highest BCUT2D eigenvalue weighted by atomic mass is 35.5. The summed E-state index contributed by atoms with van der Waals surface area (Å²) in [5.41, 5.74) is 5.51. The Kier molecular flexibility index (Phi) is 5.80. The van der Waals surface area contributed by atoms with Crippen molar-refractivity contribution in [1.29, 1.82) is 0 Å². The first-order valence-electron chi connectivity index (χ1n) is 7.71. The Bertz CT molecular complexity index is 695. The summed E-state index contributed by atoms with van der Waals surface area (Å²) in [5.74, 6) is 0.148. The van der Waals surface area contributed by atoms with E-state index in [-0.39, 0.29) is 11.8 Å². The fourth-order valence-electron chi connectivity index (χ4n) is 2.82. The molecule has 0 fully saturated rings. The van der Waals surface area contributed by atoms with Crippen LogP contribution in [0.5, 0.6) is 0 Å². The van der Waals surface area contributed by atoms with Crippen LogP contribution in [0.25, 0.3) is 0 Å². The van der Waals surface area contributed by atoms with E-state index >= 15 is 0 Å². The quantitative estimate of drug-likeness (QED) is 0.859. The summed E-state index contributed by atoms with van der Waals surface area (Å²) in [6.45, 7) is 6.45. The highest BCUT2D eigenvalue weighted by molar-refractivity contribution is 6.31. The van der Waals surface area contributed by atoms with Crippen LogP contribution in [0.2, 0.25) is 5.02 Å². The number of halogens is 1. The molecule has 0 saturated heterocycles. The van der Waals surface area contributed by atoms with Crippen LogP contribution in [-0.2, 0) is 4.79 Å². The zero-order valence-corrected chi connectivity index (χ0v) is 14.8. The van der Waals surface area contributed by atoms with E-state index in [1.54, 1.807) is 0 Å². The van der Waals surface area contributed by atoms with Crippen LogP contribution in [0, 0.1) is 13.8 Å². The van der Waals surface area contributed by atoms with Gasteiger partial charge in [0.25, 0.3) is 0 Å². The molecule has 0 saturated carbocycles. The number of anilines is 1. The van der Waals surface area contributed by atoms with Gasteiger partial charge in [0.05, 0.1) is 0 Å². The lowest BCUT2D eigenvalue weighted by Crippen LogP contribution is -2.19. The van der Waals surface area contributed by atoms with Gasteiger partial charge >= 0.3 is 0 Å². The minimum atomic E-state index is -0.0640. The van der Waals surface area contributed by atoms with Crippen LogP contribution >= 0.6 is 11.6 Å². The first kappa shape index (κ1) is 17.5. The van der Waals surface area contributed by atoms with Gasteiger partial charge in [-0.25, -0.2) is 0 Å². The average molecular weight is 331 g/mol. The molecule has 3 nitrogen and oxygen atoms in total. The number of hydrogen-bond acceptors (Lipinski definition) is 2. The lowest BCUT2D eigenvalue weighted by Gasteiger charge is -2.21. The largest absolute Gasteiger partial charge is 0.326 e. The van der Waals surface area contributed by atoms with Crippen molar-refractivity contribution < 1.29 is 4.79 Å². The molecule has 0 heterocycles. The van der Waals surface area contributed by atoms with E-state index in [4.69, 9.17) is 11.6 Å². The van der Waals surface area contributed by atoms with Gasteiger partial charge in [0, 0.05) is 30.1 Å². The zero-order chi connectivity index (χ0) is 17.0. The minimum Gasteiger partial charge on any atom is -0.326 e. The smallest absolute Gasteiger partial charge is 0.221 e. The molecule has 23 heavy (non-hydrogen) atoms. The van der Waals surface area contributed by atoms with E-state index in [2.05, 4.69) is 42.7 Å². The standard InChI is InChI=1S/C19H23ClN2O/c1-12-9-17(13(2)19(20)10-12)18(11-21-4)15-5-7-16(8-6-15)22-14(3)23/h5-10,18,21H,11H2,1-4H3,(H,22,23). The average Bonchev–Trinajstić information content (AvgIpc) is 2.49. The molecule has 122 valence electrons. The summed E-state index contributed by atoms with van der Waals surface area (Å²) in [6.07, 6.45) is 0. The third-order valence-electron chi connectivity index (χ3n) is 3.95. The van der Waals surface area contributed by atoms with E-state index in [1.165, 1.54) is 18.1 Å². The van der Waals surface area contributed by atoms with Gasteiger partial charge in [-0.3, -0.25) is 4.79 Å². The maximum atomic E-state index is 11.1. The summed E-state index contributed by atoms with van der Waals surface area (Å²) in [6, 6.07) is 12.2. The molecule has 1 unspecified atom stereocenters. The molecule has 0 radical (unpaired) electrons. The maximum Gasteiger partial charge on any atom is 0.221 e. The summed E-state index contributed by atoms with van der Waals surface area (Å²) in [7, 11) is 1.95. The van der Waals surface area contributed by atoms with Crippen molar-refractivity contribution in [3.05, 3.63) is 63.7 Å². The Morgan fingerprint density at radius 3 is 2.39 bits per heavy atom. The van der Waals surface area contributed by atoms with Crippen LogP contribution < -0.4 is 10.6 Å². The monoisotopic (exact) mass is 330 g/mol. The molecule has 0 spiro atoms. The first-order chi connectivity index (χ1) is 10.9. The number of likely N-dealkylation sites (N-methyl/N-ethyl adjacent to an activating group) is 1. The molecule has 4 heteroatoms. The number of hydrogen-bond donors (Lipinski definition) is 2. The minimum absolute atomic E-state index is 0.0640. The van der Waals surface area contributed by atoms with Gasteiger partial charge in [-0.1, -0.05) is 29.8 Å². The molecule has 2 rings (SSSR count). The Labute approximate surface area is 143 Å². The second-order valence-electron chi connectivity index (χ2n) is 5.87. The summed E-state index contributed by atoms with van der Waals surface area (Å²) in [5, 5.41) is 6.86. The predicted molar refractivity (Wildman–Crippen MR) is 97.4 cm³/mol. The normalized spacial score (nSPS) is 12.0. The molecule has 0 aliphatic heterocycles. The SMILES string of the molecule is CNCC(c1ccc(NC(C)=O)cc1)c1cc(C)cc(Cl)c1C. The second kappa shape index (κ2) is 7.62. The molecule has 1 atom stereocenters. The van der Waals surface area contributed by atoms with Crippen molar-refractivity contribution >= 4 is 23.2 Å². The maximum absolute atomic E-state index is 11.1. The van der Waals surface area contributed by atoms with Gasteiger partial charge < -0.3 is 10.6 Å². The molecule has 1 amide bonds. The van der Waals surface area contributed by atoms with Crippen LogP contribution in [0.3, 0.4) is 0 Å². The number of benzene rings is 2. The highest BCUT2D eigenvalue weighted by Crippen LogP contribution is 2.32. The second-order valence-corrected chi connectivity index (χ2v) is 6.28. The third kappa shape index (κ3) is 4.34. The van der Waals surface area contributed by atoms with Crippen LogP contribution in [0.4, 0.5) is 5.69 Å².